The Labute approximate surface area is 182 Å². The van der Waals surface area contributed by atoms with E-state index in [1.165, 1.54) is 12.1 Å². The number of likely N-dealkylation sites (N-methyl/N-ethyl adjacent to an activating group) is 2. The molecule has 1 amide bonds. The van der Waals surface area contributed by atoms with E-state index in [1.807, 2.05) is 12.1 Å². The van der Waals surface area contributed by atoms with E-state index in [-0.39, 0.29) is 11.7 Å². The van der Waals surface area contributed by atoms with Gasteiger partial charge in [-0.05, 0) is 50.5 Å². The van der Waals surface area contributed by atoms with Crippen LogP contribution in [0.25, 0.3) is 11.3 Å². The normalized spacial score (nSPS) is 17.2. The smallest absolute Gasteiger partial charge is 0.260 e. The molecule has 7 heteroatoms. The number of ether oxygens (including phenoxy) is 1. The summed E-state index contributed by atoms with van der Waals surface area (Å²) in [5.41, 5.74) is 4.14. The lowest BCUT2D eigenvalue weighted by atomic mass is 10.0. The number of amides is 1. The molecule has 0 spiro atoms. The molecule has 0 fully saturated rings. The third-order valence-corrected chi connectivity index (χ3v) is 6.03. The third kappa shape index (κ3) is 4.48. The van der Waals surface area contributed by atoms with Gasteiger partial charge in [0.05, 0.1) is 11.3 Å². The number of aromatic nitrogens is 1. The summed E-state index contributed by atoms with van der Waals surface area (Å²) in [6.07, 6.45) is 0.850. The fourth-order valence-electron chi connectivity index (χ4n) is 4.06. The van der Waals surface area contributed by atoms with Crippen molar-refractivity contribution in [3.05, 3.63) is 58.7 Å². The predicted octanol–water partition coefficient (Wildman–Crippen LogP) is 3.39. The van der Waals surface area contributed by atoms with Crippen LogP contribution in [0.2, 0.25) is 0 Å². The number of pyridine rings is 1. The molecule has 31 heavy (non-hydrogen) atoms. The molecule has 0 unspecified atom stereocenters. The van der Waals surface area contributed by atoms with Gasteiger partial charge in [-0.1, -0.05) is 13.8 Å². The Bertz CT molecular complexity index is 1020. The van der Waals surface area contributed by atoms with Crippen molar-refractivity contribution < 1.29 is 13.9 Å². The molecule has 0 saturated carbocycles. The minimum Gasteiger partial charge on any atom is -0.486 e. The number of rotatable bonds is 8. The summed E-state index contributed by atoms with van der Waals surface area (Å²) >= 11 is 0. The average molecular weight is 425 g/mol. The van der Waals surface area contributed by atoms with Crippen LogP contribution in [0.3, 0.4) is 0 Å². The maximum atomic E-state index is 13.8. The molecule has 4 rings (SSSR count). The highest BCUT2D eigenvalue weighted by Crippen LogP contribution is 2.41. The first-order chi connectivity index (χ1) is 15.0. The van der Waals surface area contributed by atoms with Gasteiger partial charge in [0.2, 0.25) is 0 Å². The van der Waals surface area contributed by atoms with E-state index in [4.69, 9.17) is 9.72 Å². The first-order valence-electron chi connectivity index (χ1n) is 10.9. The van der Waals surface area contributed by atoms with E-state index < -0.39 is 0 Å². The molecule has 0 radical (unpaired) electrons. The quantitative estimate of drug-likeness (QED) is 0.659. The number of carbonyl (C=O) groups is 1. The summed E-state index contributed by atoms with van der Waals surface area (Å²) in [6.45, 7) is 9.86. The van der Waals surface area contributed by atoms with E-state index in [0.717, 1.165) is 56.1 Å². The lowest BCUT2D eigenvalue weighted by molar-refractivity contribution is -0.110. The van der Waals surface area contributed by atoms with Gasteiger partial charge in [-0.3, -0.25) is 9.78 Å². The Morgan fingerprint density at radius 3 is 2.68 bits per heavy atom. The molecule has 0 bridgehead atoms. The van der Waals surface area contributed by atoms with Crippen LogP contribution in [0.5, 0.6) is 0 Å². The second-order valence-corrected chi connectivity index (χ2v) is 8.01. The average Bonchev–Trinajstić information content (AvgIpc) is 3.31. The van der Waals surface area contributed by atoms with Crippen LogP contribution in [-0.2, 0) is 22.6 Å². The molecule has 0 atom stereocenters. The van der Waals surface area contributed by atoms with Crippen molar-refractivity contribution in [1.82, 2.24) is 14.8 Å². The summed E-state index contributed by atoms with van der Waals surface area (Å²) in [5, 5.41) is 2.78. The zero-order chi connectivity index (χ0) is 22.0. The zero-order valence-corrected chi connectivity index (χ0v) is 18.4. The number of hydrogen-bond donors (Lipinski definition) is 1. The number of halogens is 1. The summed E-state index contributed by atoms with van der Waals surface area (Å²) in [7, 11) is 2.14. The lowest BCUT2D eigenvalue weighted by Crippen LogP contribution is -2.34. The highest BCUT2D eigenvalue weighted by atomic mass is 19.1. The molecule has 0 aliphatic carbocycles. The van der Waals surface area contributed by atoms with Gasteiger partial charge in [-0.2, -0.15) is 0 Å². The number of anilines is 1. The van der Waals surface area contributed by atoms with Crippen LogP contribution in [0, 0.1) is 5.82 Å². The summed E-state index contributed by atoms with van der Waals surface area (Å²) in [6, 6.07) is 8.24. The largest absolute Gasteiger partial charge is 0.486 e. The van der Waals surface area contributed by atoms with Crippen LogP contribution in [0.1, 0.15) is 36.4 Å². The molecule has 2 aliphatic heterocycles. The number of nitrogens with one attached hydrogen (secondary N) is 1. The molecule has 1 N–H and O–H groups in total. The van der Waals surface area contributed by atoms with Crippen LogP contribution in [0.15, 0.2) is 30.3 Å². The second-order valence-electron chi connectivity index (χ2n) is 8.01. The molecule has 164 valence electrons. The van der Waals surface area contributed by atoms with Gasteiger partial charge in [0.1, 0.15) is 18.2 Å². The third-order valence-electron chi connectivity index (χ3n) is 6.03. The molecule has 0 saturated heterocycles. The standard InChI is InChI=1S/C24H29FN4O2/c1-4-29(5-2)13-12-28(3)11-10-17-7-8-18-21(26-17)15-31-23(18)22-19-14-16(25)6-9-20(19)27-24(22)30/h6-9,14H,4-5,10-13,15H2,1-3H3,(H,27,30). The Balaban J connectivity index is 1.48. The number of hydrogen-bond acceptors (Lipinski definition) is 5. The highest BCUT2D eigenvalue weighted by molar-refractivity contribution is 6.36. The highest BCUT2D eigenvalue weighted by Gasteiger charge is 2.33. The maximum absolute atomic E-state index is 13.8. The van der Waals surface area contributed by atoms with E-state index in [1.54, 1.807) is 6.07 Å². The predicted molar refractivity (Wildman–Crippen MR) is 120 cm³/mol. The van der Waals surface area contributed by atoms with Crippen molar-refractivity contribution in [2.45, 2.75) is 26.9 Å². The van der Waals surface area contributed by atoms with Crippen LogP contribution >= 0.6 is 0 Å². The monoisotopic (exact) mass is 424 g/mol. The summed E-state index contributed by atoms with van der Waals surface area (Å²) in [5.74, 6) is -0.181. The number of carbonyl (C=O) groups excluding carboxylic acids is 1. The molecule has 1 aromatic heterocycles. The van der Waals surface area contributed by atoms with Gasteiger partial charge in [0.15, 0.2) is 0 Å². The van der Waals surface area contributed by atoms with E-state index in [0.29, 0.717) is 29.2 Å². The van der Waals surface area contributed by atoms with Gasteiger partial charge in [-0.25, -0.2) is 4.39 Å². The lowest BCUT2D eigenvalue weighted by Gasteiger charge is -2.22. The van der Waals surface area contributed by atoms with Crippen molar-refractivity contribution in [2.24, 2.45) is 0 Å². The summed E-state index contributed by atoms with van der Waals surface area (Å²) < 4.78 is 19.6. The van der Waals surface area contributed by atoms with Crippen molar-refractivity contribution in [3.63, 3.8) is 0 Å². The van der Waals surface area contributed by atoms with E-state index >= 15 is 0 Å². The van der Waals surface area contributed by atoms with E-state index in [9.17, 15) is 9.18 Å². The summed E-state index contributed by atoms with van der Waals surface area (Å²) in [4.78, 5) is 22.0. The zero-order valence-electron chi connectivity index (χ0n) is 18.4. The fourth-order valence-corrected chi connectivity index (χ4v) is 4.06. The van der Waals surface area contributed by atoms with Gasteiger partial charge in [-0.15, -0.1) is 0 Å². The molecule has 6 nitrogen and oxygen atoms in total. The molecule has 3 heterocycles. The topological polar surface area (TPSA) is 57.7 Å². The van der Waals surface area contributed by atoms with Crippen molar-refractivity contribution in [2.75, 3.05) is 45.1 Å². The molecular formula is C24H29FN4O2. The minimum absolute atomic E-state index is 0.276. The maximum Gasteiger partial charge on any atom is 0.260 e. The fraction of sp³-hybridized carbons (Fsp3) is 0.417. The van der Waals surface area contributed by atoms with Crippen molar-refractivity contribution >= 4 is 22.9 Å². The molecule has 2 aromatic rings. The van der Waals surface area contributed by atoms with Gasteiger partial charge < -0.3 is 19.9 Å². The number of nitrogens with zero attached hydrogens (tertiary/aromatic N) is 3. The van der Waals surface area contributed by atoms with Crippen LogP contribution < -0.4 is 5.32 Å². The Morgan fingerprint density at radius 2 is 1.90 bits per heavy atom. The van der Waals surface area contributed by atoms with Crippen LogP contribution in [-0.4, -0.2) is 60.5 Å². The van der Waals surface area contributed by atoms with Crippen molar-refractivity contribution in [1.29, 1.82) is 0 Å². The number of fused-ring (bicyclic) bond motifs is 2. The molecular weight excluding hydrogens is 395 g/mol. The second kappa shape index (κ2) is 9.16. The van der Waals surface area contributed by atoms with Crippen LogP contribution in [0.4, 0.5) is 10.1 Å². The first kappa shape index (κ1) is 21.5. The van der Waals surface area contributed by atoms with Gasteiger partial charge in [0.25, 0.3) is 5.91 Å². The van der Waals surface area contributed by atoms with Gasteiger partial charge in [0, 0.05) is 48.6 Å². The molecule has 2 aliphatic rings. The van der Waals surface area contributed by atoms with Crippen molar-refractivity contribution in [3.8, 4) is 0 Å². The Morgan fingerprint density at radius 1 is 1.10 bits per heavy atom. The Kier molecular flexibility index (Phi) is 6.34. The minimum atomic E-state index is -0.384. The first-order valence-corrected chi connectivity index (χ1v) is 10.9. The molecule has 1 aromatic carbocycles. The van der Waals surface area contributed by atoms with Gasteiger partial charge >= 0.3 is 0 Å². The SMILES string of the molecule is CCN(CC)CCN(C)CCc1ccc2c(n1)COC2=C1C(=O)Nc2ccc(F)cc21. The van der Waals surface area contributed by atoms with E-state index in [2.05, 4.69) is 36.0 Å². The number of benzene rings is 1. The Hall–Kier alpha value is -2.77.